The summed E-state index contributed by atoms with van der Waals surface area (Å²) in [6.45, 7) is 20.8. The van der Waals surface area contributed by atoms with Crippen LogP contribution in [0.2, 0.25) is 0 Å². The molecule has 0 bridgehead atoms. The summed E-state index contributed by atoms with van der Waals surface area (Å²) in [5.41, 5.74) is 14.8. The van der Waals surface area contributed by atoms with Gasteiger partial charge in [-0.2, -0.15) is 4.57 Å². The van der Waals surface area contributed by atoms with Crippen LogP contribution in [0.4, 0.5) is 0 Å². The number of pyridine rings is 1. The molecule has 0 saturated heterocycles. The van der Waals surface area contributed by atoms with E-state index < -0.39 is 0 Å². The van der Waals surface area contributed by atoms with Crippen LogP contribution in [0.5, 0.6) is 0 Å². The fourth-order valence-electron chi connectivity index (χ4n) is 7.91. The van der Waals surface area contributed by atoms with E-state index in [0.29, 0.717) is 5.92 Å². The molecule has 6 rings (SSSR count). The first-order valence-electron chi connectivity index (χ1n) is 17.4. The van der Waals surface area contributed by atoms with E-state index >= 15 is 0 Å². The molecule has 1 atom stereocenters. The van der Waals surface area contributed by atoms with Crippen LogP contribution in [0.3, 0.4) is 0 Å². The van der Waals surface area contributed by atoms with Gasteiger partial charge in [0.2, 0.25) is 5.69 Å². The molecule has 1 aliphatic heterocycles. The van der Waals surface area contributed by atoms with Gasteiger partial charge in [0.05, 0.1) is 5.56 Å². The second-order valence-electron chi connectivity index (χ2n) is 15.5. The lowest BCUT2D eigenvalue weighted by Gasteiger charge is -2.39. The van der Waals surface area contributed by atoms with E-state index in [9.17, 15) is 0 Å². The first kappa shape index (κ1) is 32.0. The van der Waals surface area contributed by atoms with E-state index in [1.165, 1.54) is 61.3 Å². The van der Waals surface area contributed by atoms with Crippen LogP contribution in [0, 0.1) is 0 Å². The summed E-state index contributed by atoms with van der Waals surface area (Å²) in [5.74, 6) is 0.482. The van der Waals surface area contributed by atoms with E-state index in [2.05, 4.69) is 176 Å². The normalized spacial score (nSPS) is 15.7. The molecule has 2 heterocycles. The summed E-state index contributed by atoms with van der Waals surface area (Å²) < 4.78 is 2.60. The molecule has 0 aliphatic carbocycles. The predicted octanol–water partition coefficient (Wildman–Crippen LogP) is 12.3. The number of aromatic nitrogens is 1. The van der Waals surface area contributed by atoms with Gasteiger partial charge in [-0.05, 0) is 97.7 Å². The smallest absolute Gasteiger partial charge is 0.192 e. The van der Waals surface area contributed by atoms with Crippen molar-refractivity contribution in [3.05, 3.63) is 126 Å². The van der Waals surface area contributed by atoms with Crippen LogP contribution in [0.15, 0.2) is 109 Å². The van der Waals surface area contributed by atoms with Gasteiger partial charge in [-0.3, -0.25) is 0 Å². The summed E-state index contributed by atoms with van der Waals surface area (Å²) in [5, 5.41) is 0. The minimum atomic E-state index is 0.103. The summed E-state index contributed by atoms with van der Waals surface area (Å²) in [7, 11) is 0. The first-order valence-corrected chi connectivity index (χ1v) is 17.4. The monoisotopic (exact) mass is 606 g/mol. The SMILES string of the molecule is CCC1c2ccc(-c3cc(-c4ccc(C(C)(C)C)cc4)cc(-c4ccc(C(C)(C)C)cc4)c3)cc2-c2cccc[n+]2C1(CC)CC. The standard InChI is InChI=1S/C45H52N/c1-10-41-39-25-20-33(30-40(39)42-15-13-14-26-46(42)45(41,11-2)12-3)36-28-34(31-16-21-37(22-17-31)43(4,5)6)27-35(29-36)32-18-23-38(24-19-32)44(7,8)9/h13-30,41H,10-12H2,1-9H3/q+1. The van der Waals surface area contributed by atoms with Crippen LogP contribution < -0.4 is 4.57 Å². The highest BCUT2D eigenvalue weighted by atomic mass is 15.1. The molecule has 1 aliphatic rings. The highest BCUT2D eigenvalue weighted by Crippen LogP contribution is 2.48. The molecular formula is C45H52N+. The zero-order chi connectivity index (χ0) is 32.9. The maximum absolute atomic E-state index is 2.60. The summed E-state index contributed by atoms with van der Waals surface area (Å²) >= 11 is 0. The Labute approximate surface area is 278 Å². The largest absolute Gasteiger partial charge is 0.213 e. The molecule has 4 aromatic carbocycles. The molecule has 46 heavy (non-hydrogen) atoms. The molecule has 0 amide bonds. The third-order valence-corrected chi connectivity index (χ3v) is 10.8. The van der Waals surface area contributed by atoms with Crippen molar-refractivity contribution in [2.45, 2.75) is 104 Å². The highest BCUT2D eigenvalue weighted by Gasteiger charge is 2.50. The Kier molecular flexibility index (Phi) is 8.34. The lowest BCUT2D eigenvalue weighted by Crippen LogP contribution is -2.62. The quantitative estimate of drug-likeness (QED) is 0.169. The van der Waals surface area contributed by atoms with E-state index in [4.69, 9.17) is 0 Å². The predicted molar refractivity (Wildman–Crippen MR) is 197 cm³/mol. The number of hydrogen-bond acceptors (Lipinski definition) is 0. The average Bonchev–Trinajstić information content (AvgIpc) is 3.06. The molecular weight excluding hydrogens is 555 g/mol. The Morgan fingerprint density at radius 1 is 0.543 bits per heavy atom. The van der Waals surface area contributed by atoms with E-state index in [0.717, 1.165) is 19.3 Å². The molecule has 1 aromatic heterocycles. The topological polar surface area (TPSA) is 3.88 Å². The summed E-state index contributed by atoms with van der Waals surface area (Å²) in [4.78, 5) is 0. The molecule has 0 radical (unpaired) electrons. The zero-order valence-corrected chi connectivity index (χ0v) is 29.5. The Balaban J connectivity index is 1.53. The van der Waals surface area contributed by atoms with Crippen LogP contribution >= 0.6 is 0 Å². The van der Waals surface area contributed by atoms with Crippen LogP contribution in [0.25, 0.3) is 44.6 Å². The minimum absolute atomic E-state index is 0.103. The number of rotatable bonds is 6. The Morgan fingerprint density at radius 2 is 1.02 bits per heavy atom. The third kappa shape index (κ3) is 5.63. The van der Waals surface area contributed by atoms with Crippen molar-refractivity contribution in [1.29, 1.82) is 0 Å². The van der Waals surface area contributed by atoms with Crippen molar-refractivity contribution in [2.24, 2.45) is 0 Å². The van der Waals surface area contributed by atoms with Gasteiger partial charge >= 0.3 is 0 Å². The van der Waals surface area contributed by atoms with Crippen molar-refractivity contribution in [3.63, 3.8) is 0 Å². The Bertz CT molecular complexity index is 1760. The van der Waals surface area contributed by atoms with Gasteiger partial charge in [0.1, 0.15) is 0 Å². The Hall–Kier alpha value is -3.97. The van der Waals surface area contributed by atoms with E-state index in [-0.39, 0.29) is 16.4 Å². The summed E-state index contributed by atoms with van der Waals surface area (Å²) in [6, 6.07) is 39.6. The van der Waals surface area contributed by atoms with E-state index in [1.807, 2.05) is 0 Å². The maximum atomic E-state index is 2.60. The second kappa shape index (κ2) is 12.0. The van der Waals surface area contributed by atoms with Gasteiger partial charge < -0.3 is 0 Å². The molecule has 0 saturated carbocycles. The molecule has 0 N–H and O–H groups in total. The molecule has 1 heteroatoms. The van der Waals surface area contributed by atoms with Crippen molar-refractivity contribution < 1.29 is 4.57 Å². The molecule has 0 fully saturated rings. The molecule has 0 spiro atoms. The average molecular weight is 607 g/mol. The first-order chi connectivity index (χ1) is 21.9. The number of fused-ring (bicyclic) bond motifs is 3. The van der Waals surface area contributed by atoms with Crippen LogP contribution in [0.1, 0.15) is 104 Å². The van der Waals surface area contributed by atoms with Gasteiger partial charge in [-0.25, -0.2) is 0 Å². The Morgan fingerprint density at radius 3 is 1.48 bits per heavy atom. The van der Waals surface area contributed by atoms with Crippen molar-refractivity contribution in [1.82, 2.24) is 0 Å². The molecule has 236 valence electrons. The van der Waals surface area contributed by atoms with Gasteiger partial charge in [0.15, 0.2) is 11.7 Å². The number of benzene rings is 4. The van der Waals surface area contributed by atoms with Gasteiger partial charge in [-0.1, -0.05) is 123 Å². The lowest BCUT2D eigenvalue weighted by atomic mass is 9.69. The van der Waals surface area contributed by atoms with Crippen molar-refractivity contribution in [3.8, 4) is 44.6 Å². The van der Waals surface area contributed by atoms with Gasteiger partial charge in [0.25, 0.3) is 0 Å². The highest BCUT2D eigenvalue weighted by molar-refractivity contribution is 5.83. The molecule has 1 nitrogen and oxygen atoms in total. The van der Waals surface area contributed by atoms with Gasteiger partial charge in [0, 0.05) is 30.9 Å². The van der Waals surface area contributed by atoms with E-state index in [1.54, 1.807) is 0 Å². The number of nitrogens with zero attached hydrogens (tertiary/aromatic N) is 1. The number of hydrogen-bond donors (Lipinski definition) is 0. The minimum Gasteiger partial charge on any atom is -0.192 e. The lowest BCUT2D eigenvalue weighted by molar-refractivity contribution is -0.762. The van der Waals surface area contributed by atoms with Crippen molar-refractivity contribution >= 4 is 0 Å². The third-order valence-electron chi connectivity index (χ3n) is 10.8. The fourth-order valence-corrected chi connectivity index (χ4v) is 7.91. The summed E-state index contributed by atoms with van der Waals surface area (Å²) in [6.07, 6.45) is 5.70. The van der Waals surface area contributed by atoms with Crippen LogP contribution in [-0.4, -0.2) is 0 Å². The zero-order valence-electron chi connectivity index (χ0n) is 29.5. The maximum Gasteiger partial charge on any atom is 0.213 e. The molecule has 1 unspecified atom stereocenters. The second-order valence-corrected chi connectivity index (χ2v) is 15.5. The van der Waals surface area contributed by atoms with Gasteiger partial charge in [-0.15, -0.1) is 0 Å². The molecule has 5 aromatic rings. The fraction of sp³-hybridized carbons (Fsp3) is 0.356. The van der Waals surface area contributed by atoms with Crippen LogP contribution in [-0.2, 0) is 16.4 Å². The van der Waals surface area contributed by atoms with Crippen molar-refractivity contribution in [2.75, 3.05) is 0 Å².